The molecular weight excluding hydrogens is 234 g/mol. The monoisotopic (exact) mass is 249 g/mol. The molecule has 1 fully saturated rings. The summed E-state index contributed by atoms with van der Waals surface area (Å²) in [6.45, 7) is 2.14. The molecule has 96 valence electrons. The minimum atomic E-state index is -1.07. The molecule has 1 aliphatic rings. The van der Waals surface area contributed by atoms with Crippen molar-refractivity contribution in [2.75, 3.05) is 5.32 Å². The van der Waals surface area contributed by atoms with Gasteiger partial charge in [0.15, 0.2) is 0 Å². The molecule has 0 unspecified atom stereocenters. The van der Waals surface area contributed by atoms with Gasteiger partial charge in [0.05, 0.1) is 17.4 Å². The van der Waals surface area contributed by atoms with Gasteiger partial charge in [-0.05, 0) is 24.8 Å². The Hall–Kier alpha value is -2.11. The van der Waals surface area contributed by atoms with Gasteiger partial charge in [0.25, 0.3) is 0 Å². The molecule has 0 aliphatic heterocycles. The zero-order chi connectivity index (χ0) is 13.1. The zero-order valence-electron chi connectivity index (χ0n) is 10.0. The van der Waals surface area contributed by atoms with Gasteiger partial charge in [0, 0.05) is 12.2 Å². The number of nitrogens with zero attached hydrogens (tertiary/aromatic N) is 1. The van der Waals surface area contributed by atoms with E-state index in [-0.39, 0.29) is 17.6 Å². The Morgan fingerprint density at radius 3 is 2.72 bits per heavy atom. The summed E-state index contributed by atoms with van der Waals surface area (Å²) in [6.07, 6.45) is 4.62. The van der Waals surface area contributed by atoms with Gasteiger partial charge in [0.1, 0.15) is 0 Å². The number of anilines is 1. The van der Waals surface area contributed by atoms with E-state index in [1.54, 1.807) is 0 Å². The highest BCUT2D eigenvalue weighted by atomic mass is 16.4. The largest absolute Gasteiger partial charge is 0.478 e. The first-order chi connectivity index (χ1) is 8.54. The number of aromatic nitrogens is 1. The number of carboxylic acids is 1. The van der Waals surface area contributed by atoms with E-state index >= 15 is 0 Å². The number of pyridine rings is 1. The number of carbonyl (C=O) groups is 2. The van der Waals surface area contributed by atoms with Crippen LogP contribution in [0.15, 0.2) is 18.5 Å². The second-order valence-corrected chi connectivity index (χ2v) is 4.64. The van der Waals surface area contributed by atoms with Gasteiger partial charge < -0.3 is 15.7 Å². The molecule has 1 aliphatic carbocycles. The summed E-state index contributed by atoms with van der Waals surface area (Å²) in [7, 11) is 0. The number of hydrogen-bond acceptors (Lipinski definition) is 3. The average molecular weight is 249 g/mol. The van der Waals surface area contributed by atoms with Crippen LogP contribution in [0.2, 0.25) is 0 Å². The lowest BCUT2D eigenvalue weighted by atomic mass is 9.82. The van der Waals surface area contributed by atoms with Crippen LogP contribution in [0.25, 0.3) is 0 Å². The SMILES string of the molecule is CC1CC(NC(=O)Nc2cncc(C(=O)O)c2)C1. The van der Waals surface area contributed by atoms with Crippen molar-refractivity contribution >= 4 is 17.7 Å². The fourth-order valence-electron chi connectivity index (χ4n) is 2.00. The molecule has 1 aromatic heterocycles. The number of carbonyl (C=O) groups excluding carboxylic acids is 1. The summed E-state index contributed by atoms with van der Waals surface area (Å²) in [6, 6.07) is 1.27. The highest BCUT2D eigenvalue weighted by Gasteiger charge is 2.26. The van der Waals surface area contributed by atoms with Crippen molar-refractivity contribution in [2.24, 2.45) is 5.92 Å². The lowest BCUT2D eigenvalue weighted by Gasteiger charge is -2.33. The standard InChI is InChI=1S/C12H15N3O3/c1-7-2-9(3-7)14-12(18)15-10-4-8(11(16)17)5-13-6-10/h4-7,9H,2-3H2,1H3,(H,16,17)(H2,14,15,18). The summed E-state index contributed by atoms with van der Waals surface area (Å²) in [5.74, 6) is -0.410. The molecule has 0 aromatic carbocycles. The third-order valence-corrected chi connectivity index (χ3v) is 2.95. The molecule has 6 nitrogen and oxygen atoms in total. The van der Waals surface area contributed by atoms with E-state index in [1.165, 1.54) is 18.5 Å². The average Bonchev–Trinajstić information content (AvgIpc) is 2.27. The van der Waals surface area contributed by atoms with Crippen LogP contribution in [0.3, 0.4) is 0 Å². The molecule has 6 heteroatoms. The van der Waals surface area contributed by atoms with Crippen molar-refractivity contribution in [1.82, 2.24) is 10.3 Å². The molecule has 0 saturated heterocycles. The highest BCUT2D eigenvalue weighted by Crippen LogP contribution is 2.26. The highest BCUT2D eigenvalue weighted by molar-refractivity contribution is 5.92. The van der Waals surface area contributed by atoms with Crippen molar-refractivity contribution in [3.05, 3.63) is 24.0 Å². The first-order valence-corrected chi connectivity index (χ1v) is 5.80. The molecule has 1 saturated carbocycles. The predicted molar refractivity (Wildman–Crippen MR) is 65.5 cm³/mol. The maximum absolute atomic E-state index is 11.6. The maximum atomic E-state index is 11.6. The van der Waals surface area contributed by atoms with Gasteiger partial charge in [-0.1, -0.05) is 6.92 Å². The van der Waals surface area contributed by atoms with Crippen LogP contribution >= 0.6 is 0 Å². The van der Waals surface area contributed by atoms with Crippen LogP contribution in [-0.2, 0) is 0 Å². The van der Waals surface area contributed by atoms with Gasteiger partial charge in [0.2, 0.25) is 0 Å². The van der Waals surface area contributed by atoms with E-state index in [9.17, 15) is 9.59 Å². The third-order valence-electron chi connectivity index (χ3n) is 2.95. The molecule has 3 N–H and O–H groups in total. The molecule has 1 aromatic rings. The van der Waals surface area contributed by atoms with Crippen molar-refractivity contribution in [3.8, 4) is 0 Å². The van der Waals surface area contributed by atoms with Crippen LogP contribution in [0.1, 0.15) is 30.1 Å². The van der Waals surface area contributed by atoms with Crippen LogP contribution in [0.4, 0.5) is 10.5 Å². The number of urea groups is 1. The second-order valence-electron chi connectivity index (χ2n) is 4.64. The van der Waals surface area contributed by atoms with Crippen LogP contribution in [0.5, 0.6) is 0 Å². The molecule has 0 spiro atoms. The Morgan fingerprint density at radius 2 is 2.11 bits per heavy atom. The van der Waals surface area contributed by atoms with Crippen molar-refractivity contribution in [2.45, 2.75) is 25.8 Å². The van der Waals surface area contributed by atoms with E-state index in [2.05, 4.69) is 22.5 Å². The summed E-state index contributed by atoms with van der Waals surface area (Å²) in [5, 5.41) is 14.2. The van der Waals surface area contributed by atoms with Crippen LogP contribution < -0.4 is 10.6 Å². The van der Waals surface area contributed by atoms with Crippen molar-refractivity contribution in [1.29, 1.82) is 0 Å². The Morgan fingerprint density at radius 1 is 1.39 bits per heavy atom. The van der Waals surface area contributed by atoms with Gasteiger partial charge in [-0.15, -0.1) is 0 Å². The number of carboxylic acid groups (broad SMARTS) is 1. The van der Waals surface area contributed by atoms with Crippen molar-refractivity contribution in [3.63, 3.8) is 0 Å². The summed E-state index contributed by atoms with van der Waals surface area (Å²) in [4.78, 5) is 26.1. The third kappa shape index (κ3) is 2.97. The zero-order valence-corrected chi connectivity index (χ0v) is 10.0. The van der Waals surface area contributed by atoms with Crippen LogP contribution in [0, 0.1) is 5.92 Å². The van der Waals surface area contributed by atoms with Gasteiger partial charge >= 0.3 is 12.0 Å². The molecule has 1 heterocycles. The summed E-state index contributed by atoms with van der Waals surface area (Å²) in [5.41, 5.74) is 0.421. The first-order valence-electron chi connectivity index (χ1n) is 5.80. The lowest BCUT2D eigenvalue weighted by Crippen LogP contribution is -2.45. The van der Waals surface area contributed by atoms with E-state index < -0.39 is 5.97 Å². The molecule has 2 amide bonds. The molecular formula is C12H15N3O3. The van der Waals surface area contributed by atoms with Gasteiger partial charge in [-0.25, -0.2) is 9.59 Å². The number of aromatic carboxylic acids is 1. The minimum absolute atomic E-state index is 0.0464. The Kier molecular flexibility index (Phi) is 3.45. The predicted octanol–water partition coefficient (Wildman–Crippen LogP) is 1.70. The maximum Gasteiger partial charge on any atom is 0.337 e. The summed E-state index contributed by atoms with van der Waals surface area (Å²) < 4.78 is 0. The van der Waals surface area contributed by atoms with E-state index in [4.69, 9.17) is 5.11 Å². The number of nitrogens with one attached hydrogen (secondary N) is 2. The first kappa shape index (κ1) is 12.3. The Labute approximate surface area is 104 Å². The van der Waals surface area contributed by atoms with E-state index in [0.717, 1.165) is 12.8 Å². The topological polar surface area (TPSA) is 91.3 Å². The van der Waals surface area contributed by atoms with Gasteiger partial charge in [-0.3, -0.25) is 4.98 Å². The summed E-state index contributed by atoms with van der Waals surface area (Å²) >= 11 is 0. The number of rotatable bonds is 3. The lowest BCUT2D eigenvalue weighted by molar-refractivity contribution is 0.0696. The fourth-order valence-corrected chi connectivity index (χ4v) is 2.00. The van der Waals surface area contributed by atoms with E-state index in [0.29, 0.717) is 11.6 Å². The molecule has 18 heavy (non-hydrogen) atoms. The quantitative estimate of drug-likeness (QED) is 0.760. The normalized spacial score (nSPS) is 21.8. The molecule has 2 rings (SSSR count). The van der Waals surface area contributed by atoms with E-state index in [1.807, 2.05) is 0 Å². The number of amides is 2. The second kappa shape index (κ2) is 5.03. The van der Waals surface area contributed by atoms with Crippen LogP contribution in [-0.4, -0.2) is 28.1 Å². The smallest absolute Gasteiger partial charge is 0.337 e. The number of hydrogen-bond donors (Lipinski definition) is 3. The Bertz CT molecular complexity index is 469. The minimum Gasteiger partial charge on any atom is -0.478 e. The molecule has 0 radical (unpaired) electrons. The van der Waals surface area contributed by atoms with Gasteiger partial charge in [-0.2, -0.15) is 0 Å². The molecule has 0 bridgehead atoms. The fraction of sp³-hybridized carbons (Fsp3) is 0.417. The molecule has 0 atom stereocenters. The van der Waals surface area contributed by atoms with Crippen molar-refractivity contribution < 1.29 is 14.7 Å². The Balaban J connectivity index is 1.90.